The number of nitrogens with one attached hydrogen (secondary N) is 1. The van der Waals surface area contributed by atoms with Crippen LogP contribution >= 0.6 is 11.6 Å². The van der Waals surface area contributed by atoms with E-state index in [2.05, 4.69) is 20.3 Å². The molecule has 0 fully saturated rings. The van der Waals surface area contributed by atoms with Crippen LogP contribution in [-0.4, -0.2) is 20.9 Å². The Morgan fingerprint density at radius 1 is 1.31 bits per heavy atom. The lowest BCUT2D eigenvalue weighted by Crippen LogP contribution is -2.13. The van der Waals surface area contributed by atoms with Gasteiger partial charge in [0.1, 0.15) is 5.69 Å². The first kappa shape index (κ1) is 10.5. The summed E-state index contributed by atoms with van der Waals surface area (Å²) in [7, 11) is 0. The normalized spacial score (nSPS) is 9.81. The zero-order chi connectivity index (χ0) is 11.4. The summed E-state index contributed by atoms with van der Waals surface area (Å²) in [6.45, 7) is 0. The van der Waals surface area contributed by atoms with E-state index < -0.39 is 0 Å². The molecule has 80 valence electrons. The molecule has 6 heteroatoms. The molecule has 2 aromatic heterocycles. The van der Waals surface area contributed by atoms with E-state index in [1.54, 1.807) is 24.5 Å². The van der Waals surface area contributed by atoms with Gasteiger partial charge in [0.15, 0.2) is 0 Å². The predicted molar refractivity (Wildman–Crippen MR) is 59.2 cm³/mol. The monoisotopic (exact) mass is 234 g/mol. The van der Waals surface area contributed by atoms with Gasteiger partial charge in [0.05, 0.1) is 11.9 Å². The van der Waals surface area contributed by atoms with E-state index in [0.29, 0.717) is 5.69 Å². The fourth-order valence-electron chi connectivity index (χ4n) is 1.09. The zero-order valence-electron chi connectivity index (χ0n) is 8.09. The Labute approximate surface area is 96.5 Å². The maximum Gasteiger partial charge on any atom is 0.274 e. The Hall–Kier alpha value is -2.01. The highest BCUT2D eigenvalue weighted by Crippen LogP contribution is 2.06. The van der Waals surface area contributed by atoms with E-state index in [9.17, 15) is 4.79 Å². The first-order valence-corrected chi connectivity index (χ1v) is 4.83. The van der Waals surface area contributed by atoms with Crippen LogP contribution in [0.4, 0.5) is 5.69 Å². The molecule has 0 aliphatic rings. The van der Waals surface area contributed by atoms with Crippen LogP contribution in [0.25, 0.3) is 0 Å². The van der Waals surface area contributed by atoms with Crippen molar-refractivity contribution < 1.29 is 4.79 Å². The van der Waals surface area contributed by atoms with Crippen molar-refractivity contribution >= 4 is 23.2 Å². The molecule has 0 atom stereocenters. The van der Waals surface area contributed by atoms with Gasteiger partial charge < -0.3 is 5.32 Å². The number of nitrogens with zero attached hydrogens (tertiary/aromatic N) is 3. The Morgan fingerprint density at radius 2 is 2.19 bits per heavy atom. The van der Waals surface area contributed by atoms with E-state index in [1.165, 1.54) is 12.3 Å². The van der Waals surface area contributed by atoms with Crippen molar-refractivity contribution in [3.8, 4) is 0 Å². The second-order valence-electron chi connectivity index (χ2n) is 2.91. The molecule has 0 unspecified atom stereocenters. The molecular weight excluding hydrogens is 228 g/mol. The maximum absolute atomic E-state index is 11.7. The Morgan fingerprint density at radius 3 is 2.88 bits per heavy atom. The molecule has 0 radical (unpaired) electrons. The molecule has 16 heavy (non-hydrogen) atoms. The van der Waals surface area contributed by atoms with Crippen molar-refractivity contribution in [2.24, 2.45) is 0 Å². The van der Waals surface area contributed by atoms with Crippen molar-refractivity contribution in [2.45, 2.75) is 0 Å². The van der Waals surface area contributed by atoms with Crippen LogP contribution in [0.1, 0.15) is 10.5 Å². The fraction of sp³-hybridized carbons (Fsp3) is 0. The molecule has 0 aliphatic carbocycles. The smallest absolute Gasteiger partial charge is 0.274 e. The van der Waals surface area contributed by atoms with Crippen LogP contribution in [0.2, 0.25) is 5.28 Å². The number of hydrogen-bond donors (Lipinski definition) is 1. The van der Waals surface area contributed by atoms with Crippen molar-refractivity contribution in [1.29, 1.82) is 0 Å². The number of carbonyl (C=O) groups is 1. The molecule has 0 aromatic carbocycles. The third-order valence-corrected chi connectivity index (χ3v) is 1.96. The highest BCUT2D eigenvalue weighted by atomic mass is 35.5. The van der Waals surface area contributed by atoms with Gasteiger partial charge in [0.25, 0.3) is 5.91 Å². The van der Waals surface area contributed by atoms with Crippen molar-refractivity contribution in [2.75, 3.05) is 5.32 Å². The molecule has 0 aliphatic heterocycles. The van der Waals surface area contributed by atoms with Crippen LogP contribution in [0.3, 0.4) is 0 Å². The van der Waals surface area contributed by atoms with Gasteiger partial charge in [-0.25, -0.2) is 9.97 Å². The van der Waals surface area contributed by atoms with Gasteiger partial charge in [-0.1, -0.05) is 0 Å². The number of halogens is 1. The van der Waals surface area contributed by atoms with E-state index in [4.69, 9.17) is 11.6 Å². The number of amides is 1. The van der Waals surface area contributed by atoms with Gasteiger partial charge in [-0.05, 0) is 29.8 Å². The highest BCUT2D eigenvalue weighted by Gasteiger charge is 2.08. The minimum atomic E-state index is -0.350. The summed E-state index contributed by atoms with van der Waals surface area (Å²) < 4.78 is 0. The third kappa shape index (κ3) is 2.52. The first-order chi connectivity index (χ1) is 7.75. The van der Waals surface area contributed by atoms with Gasteiger partial charge in [0.2, 0.25) is 5.28 Å². The molecule has 2 heterocycles. The average molecular weight is 235 g/mol. The molecule has 0 saturated carbocycles. The van der Waals surface area contributed by atoms with Gasteiger partial charge in [-0.15, -0.1) is 0 Å². The molecule has 0 saturated heterocycles. The van der Waals surface area contributed by atoms with Gasteiger partial charge in [-0.3, -0.25) is 9.78 Å². The quantitative estimate of drug-likeness (QED) is 0.805. The summed E-state index contributed by atoms with van der Waals surface area (Å²) in [6.07, 6.45) is 4.59. The summed E-state index contributed by atoms with van der Waals surface area (Å²) in [6, 6.07) is 4.94. The predicted octanol–water partition coefficient (Wildman–Crippen LogP) is 1.78. The lowest BCUT2D eigenvalue weighted by Gasteiger charge is -2.03. The topological polar surface area (TPSA) is 67.8 Å². The minimum absolute atomic E-state index is 0.0406. The second-order valence-corrected chi connectivity index (χ2v) is 3.24. The molecular formula is C10H7ClN4O. The summed E-state index contributed by atoms with van der Waals surface area (Å²) in [5, 5.41) is 2.68. The average Bonchev–Trinajstić information content (AvgIpc) is 2.30. The van der Waals surface area contributed by atoms with E-state index in [-0.39, 0.29) is 16.9 Å². The fourth-order valence-corrected chi connectivity index (χ4v) is 1.24. The molecule has 0 spiro atoms. The minimum Gasteiger partial charge on any atom is -0.319 e. The molecule has 5 nitrogen and oxygen atoms in total. The summed E-state index contributed by atoms with van der Waals surface area (Å²) in [5.41, 5.74) is 0.811. The highest BCUT2D eigenvalue weighted by molar-refractivity contribution is 6.28. The van der Waals surface area contributed by atoms with Crippen LogP contribution < -0.4 is 5.32 Å². The zero-order valence-corrected chi connectivity index (χ0v) is 8.85. The number of rotatable bonds is 2. The van der Waals surface area contributed by atoms with Gasteiger partial charge in [-0.2, -0.15) is 0 Å². The molecule has 1 N–H and O–H groups in total. The number of hydrogen-bond acceptors (Lipinski definition) is 4. The lowest BCUT2D eigenvalue weighted by molar-refractivity contribution is 0.102. The molecule has 0 bridgehead atoms. The Bertz CT molecular complexity index is 503. The third-order valence-electron chi connectivity index (χ3n) is 1.78. The second kappa shape index (κ2) is 4.67. The summed E-state index contributed by atoms with van der Waals surface area (Å²) >= 11 is 5.58. The maximum atomic E-state index is 11.7. The van der Waals surface area contributed by atoms with E-state index >= 15 is 0 Å². The van der Waals surface area contributed by atoms with E-state index in [1.807, 2.05) is 0 Å². The standard InChI is InChI=1S/C10H7ClN4O/c11-10-13-5-3-8(15-10)9(16)14-7-2-1-4-12-6-7/h1-6H,(H,14,16). The number of carbonyl (C=O) groups excluding carboxylic acids is 1. The van der Waals surface area contributed by atoms with Crippen LogP contribution in [0.15, 0.2) is 36.8 Å². The number of anilines is 1. The molecule has 2 aromatic rings. The van der Waals surface area contributed by atoms with Crippen molar-refractivity contribution in [3.63, 3.8) is 0 Å². The van der Waals surface area contributed by atoms with Gasteiger partial charge >= 0.3 is 0 Å². The number of pyridine rings is 1. The first-order valence-electron chi connectivity index (χ1n) is 4.45. The largest absolute Gasteiger partial charge is 0.319 e. The van der Waals surface area contributed by atoms with Crippen LogP contribution in [0.5, 0.6) is 0 Å². The number of aromatic nitrogens is 3. The molecule has 1 amide bonds. The van der Waals surface area contributed by atoms with E-state index in [0.717, 1.165) is 0 Å². The van der Waals surface area contributed by atoms with Crippen molar-refractivity contribution in [3.05, 3.63) is 47.8 Å². The lowest BCUT2D eigenvalue weighted by atomic mass is 10.3. The van der Waals surface area contributed by atoms with Crippen LogP contribution in [-0.2, 0) is 0 Å². The SMILES string of the molecule is O=C(Nc1cccnc1)c1ccnc(Cl)n1. The Balaban J connectivity index is 2.15. The van der Waals surface area contributed by atoms with Gasteiger partial charge in [0, 0.05) is 12.4 Å². The van der Waals surface area contributed by atoms with Crippen molar-refractivity contribution in [1.82, 2.24) is 15.0 Å². The summed E-state index contributed by atoms with van der Waals surface area (Å²) in [4.78, 5) is 23.0. The summed E-state index contributed by atoms with van der Waals surface area (Å²) in [5.74, 6) is -0.350. The molecule has 2 rings (SSSR count). The Kier molecular flexibility index (Phi) is 3.07. The van der Waals surface area contributed by atoms with Crippen LogP contribution in [0, 0.1) is 0 Å².